The number of nitrogens with zero attached hydrogens (tertiary/aromatic N) is 3. The third-order valence-corrected chi connectivity index (χ3v) is 3.71. The lowest BCUT2D eigenvalue weighted by molar-refractivity contribution is 0.303. The lowest BCUT2D eigenvalue weighted by Crippen LogP contribution is -2.25. The number of rotatable bonds is 7. The minimum Gasteiger partial charge on any atom is -0.370 e. The zero-order chi connectivity index (χ0) is 12.8. The molecule has 1 N–H and O–H groups in total. The van der Waals surface area contributed by atoms with E-state index in [1.54, 1.807) is 6.33 Å². The van der Waals surface area contributed by atoms with Gasteiger partial charge in [0.1, 0.15) is 12.1 Å². The summed E-state index contributed by atoms with van der Waals surface area (Å²) in [6, 6.07) is 0. The molecule has 1 aromatic heterocycles. The first kappa shape index (κ1) is 13.3. The molecule has 0 atom stereocenters. The van der Waals surface area contributed by atoms with E-state index in [2.05, 4.69) is 34.0 Å². The molecule has 2 rings (SSSR count). The smallest absolute Gasteiger partial charge is 0.132 e. The van der Waals surface area contributed by atoms with Crippen molar-refractivity contribution in [3.63, 3.8) is 0 Å². The van der Waals surface area contributed by atoms with Crippen molar-refractivity contribution >= 4 is 5.82 Å². The van der Waals surface area contributed by atoms with Gasteiger partial charge in [0.05, 0.1) is 0 Å². The van der Waals surface area contributed by atoms with Crippen LogP contribution in [-0.4, -0.2) is 41.0 Å². The monoisotopic (exact) mass is 248 g/mol. The van der Waals surface area contributed by atoms with E-state index in [0.717, 1.165) is 44.8 Å². The van der Waals surface area contributed by atoms with Gasteiger partial charge >= 0.3 is 0 Å². The Bertz CT molecular complexity index is 374. The van der Waals surface area contributed by atoms with Crippen LogP contribution in [0.4, 0.5) is 5.82 Å². The Morgan fingerprint density at radius 2 is 2.06 bits per heavy atom. The molecule has 100 valence electrons. The molecule has 0 radical (unpaired) electrons. The molecule has 1 heterocycles. The average molecular weight is 248 g/mol. The van der Waals surface area contributed by atoms with Crippen LogP contribution in [0.15, 0.2) is 6.33 Å². The summed E-state index contributed by atoms with van der Waals surface area (Å²) in [5, 5.41) is 3.47. The van der Waals surface area contributed by atoms with E-state index in [4.69, 9.17) is 0 Å². The molecule has 1 aliphatic carbocycles. The van der Waals surface area contributed by atoms with Crippen molar-refractivity contribution in [2.45, 2.75) is 39.5 Å². The number of anilines is 1. The number of hydrogen-bond acceptors (Lipinski definition) is 4. The Labute approximate surface area is 110 Å². The van der Waals surface area contributed by atoms with E-state index in [1.165, 1.54) is 24.1 Å². The van der Waals surface area contributed by atoms with Gasteiger partial charge in [0.2, 0.25) is 0 Å². The summed E-state index contributed by atoms with van der Waals surface area (Å²) in [6.45, 7) is 8.87. The van der Waals surface area contributed by atoms with E-state index in [1.807, 2.05) is 0 Å². The van der Waals surface area contributed by atoms with Crippen molar-refractivity contribution in [2.24, 2.45) is 0 Å². The third kappa shape index (κ3) is 3.19. The fourth-order valence-electron chi connectivity index (χ4n) is 2.56. The Balaban J connectivity index is 1.79. The van der Waals surface area contributed by atoms with E-state index in [9.17, 15) is 0 Å². The molecule has 1 aliphatic rings. The molecule has 0 unspecified atom stereocenters. The molecule has 0 bridgehead atoms. The van der Waals surface area contributed by atoms with Crippen molar-refractivity contribution in [1.29, 1.82) is 0 Å². The molecule has 0 aliphatic heterocycles. The van der Waals surface area contributed by atoms with Crippen LogP contribution < -0.4 is 5.32 Å². The van der Waals surface area contributed by atoms with Crippen LogP contribution in [0.2, 0.25) is 0 Å². The summed E-state index contributed by atoms with van der Waals surface area (Å²) in [5.41, 5.74) is 2.59. The van der Waals surface area contributed by atoms with E-state index >= 15 is 0 Å². The number of hydrogen-bond donors (Lipinski definition) is 1. The highest BCUT2D eigenvalue weighted by Crippen LogP contribution is 2.24. The van der Waals surface area contributed by atoms with Crippen LogP contribution in [0.1, 0.15) is 37.9 Å². The Kier molecular flexibility index (Phi) is 4.93. The lowest BCUT2D eigenvalue weighted by Gasteiger charge is -2.18. The van der Waals surface area contributed by atoms with Gasteiger partial charge in [0.15, 0.2) is 0 Å². The number of aromatic nitrogens is 2. The van der Waals surface area contributed by atoms with Gasteiger partial charge in [-0.1, -0.05) is 13.8 Å². The van der Waals surface area contributed by atoms with E-state index < -0.39 is 0 Å². The third-order valence-electron chi connectivity index (χ3n) is 3.71. The molecule has 0 saturated heterocycles. The summed E-state index contributed by atoms with van der Waals surface area (Å²) in [5.74, 6) is 1.07. The second-order valence-electron chi connectivity index (χ2n) is 4.81. The predicted octanol–water partition coefficient (Wildman–Crippen LogP) is 2.11. The highest BCUT2D eigenvalue weighted by molar-refractivity contribution is 5.47. The van der Waals surface area contributed by atoms with Crippen molar-refractivity contribution < 1.29 is 0 Å². The summed E-state index contributed by atoms with van der Waals surface area (Å²) in [6.07, 6.45) is 6.33. The van der Waals surface area contributed by atoms with E-state index in [-0.39, 0.29) is 0 Å². The number of nitrogens with one attached hydrogen (secondary N) is 1. The lowest BCUT2D eigenvalue weighted by atomic mass is 10.2. The fourth-order valence-corrected chi connectivity index (χ4v) is 2.56. The molecule has 0 amide bonds. The maximum absolute atomic E-state index is 4.37. The normalized spacial score (nSPS) is 13.9. The van der Waals surface area contributed by atoms with Crippen LogP contribution in [0.5, 0.6) is 0 Å². The largest absolute Gasteiger partial charge is 0.370 e. The van der Waals surface area contributed by atoms with Gasteiger partial charge in [-0.2, -0.15) is 0 Å². The fraction of sp³-hybridized carbons (Fsp3) is 0.714. The molecule has 0 aromatic carbocycles. The molecule has 4 heteroatoms. The summed E-state index contributed by atoms with van der Waals surface area (Å²) >= 11 is 0. The first-order valence-electron chi connectivity index (χ1n) is 7.14. The highest BCUT2D eigenvalue weighted by Gasteiger charge is 2.16. The van der Waals surface area contributed by atoms with Gasteiger partial charge in [-0.3, -0.25) is 0 Å². The van der Waals surface area contributed by atoms with Crippen LogP contribution in [0.3, 0.4) is 0 Å². The molecule has 0 fully saturated rings. The molecular formula is C14H24N4. The van der Waals surface area contributed by atoms with Crippen LogP contribution in [0, 0.1) is 0 Å². The first-order chi connectivity index (χ1) is 8.85. The first-order valence-corrected chi connectivity index (χ1v) is 7.14. The standard InChI is InChI=1S/C14H24N4/c1-3-18(4-2)10-6-9-15-14-12-7-5-8-13(12)16-11-17-14/h11H,3-10H2,1-2H3,(H,15,16,17). The van der Waals surface area contributed by atoms with Gasteiger partial charge in [0.25, 0.3) is 0 Å². The average Bonchev–Trinajstić information content (AvgIpc) is 2.88. The van der Waals surface area contributed by atoms with Crippen LogP contribution >= 0.6 is 0 Å². The molecule has 1 aromatic rings. The Hall–Kier alpha value is -1.16. The Morgan fingerprint density at radius 3 is 2.83 bits per heavy atom. The van der Waals surface area contributed by atoms with Gasteiger partial charge in [-0.05, 0) is 45.3 Å². The maximum Gasteiger partial charge on any atom is 0.132 e. The molecule has 0 saturated carbocycles. The highest BCUT2D eigenvalue weighted by atomic mass is 15.1. The van der Waals surface area contributed by atoms with Crippen LogP contribution in [-0.2, 0) is 12.8 Å². The quantitative estimate of drug-likeness (QED) is 0.750. The zero-order valence-corrected chi connectivity index (χ0v) is 11.6. The van der Waals surface area contributed by atoms with Gasteiger partial charge in [-0.25, -0.2) is 9.97 Å². The minimum absolute atomic E-state index is 1.000. The molecule has 0 spiro atoms. The predicted molar refractivity (Wildman–Crippen MR) is 75.0 cm³/mol. The second-order valence-corrected chi connectivity index (χ2v) is 4.81. The molecule has 18 heavy (non-hydrogen) atoms. The van der Waals surface area contributed by atoms with Gasteiger partial charge in [-0.15, -0.1) is 0 Å². The zero-order valence-electron chi connectivity index (χ0n) is 11.6. The summed E-state index contributed by atoms with van der Waals surface area (Å²) in [4.78, 5) is 11.2. The minimum atomic E-state index is 1.000. The van der Waals surface area contributed by atoms with Crippen molar-refractivity contribution in [3.05, 3.63) is 17.6 Å². The van der Waals surface area contributed by atoms with Crippen molar-refractivity contribution in [3.8, 4) is 0 Å². The topological polar surface area (TPSA) is 41.0 Å². The second kappa shape index (κ2) is 6.69. The van der Waals surface area contributed by atoms with E-state index in [0.29, 0.717) is 0 Å². The van der Waals surface area contributed by atoms with Gasteiger partial charge < -0.3 is 10.2 Å². The number of fused-ring (bicyclic) bond motifs is 1. The Morgan fingerprint density at radius 1 is 1.22 bits per heavy atom. The van der Waals surface area contributed by atoms with Crippen LogP contribution in [0.25, 0.3) is 0 Å². The summed E-state index contributed by atoms with van der Waals surface area (Å²) in [7, 11) is 0. The van der Waals surface area contributed by atoms with Crippen molar-refractivity contribution in [1.82, 2.24) is 14.9 Å². The van der Waals surface area contributed by atoms with Gasteiger partial charge in [0, 0.05) is 17.8 Å². The molecule has 4 nitrogen and oxygen atoms in total. The summed E-state index contributed by atoms with van der Waals surface area (Å²) < 4.78 is 0. The molecular weight excluding hydrogens is 224 g/mol. The van der Waals surface area contributed by atoms with Crippen molar-refractivity contribution in [2.75, 3.05) is 31.5 Å². The number of aryl methyl sites for hydroxylation is 1. The SMILES string of the molecule is CCN(CC)CCCNc1ncnc2c1CCC2. The maximum atomic E-state index is 4.37.